The van der Waals surface area contributed by atoms with Gasteiger partial charge in [-0.2, -0.15) is 0 Å². The van der Waals surface area contributed by atoms with Crippen LogP contribution in [0.15, 0.2) is 22.7 Å². The van der Waals surface area contributed by atoms with Crippen LogP contribution in [0, 0.1) is 6.92 Å². The lowest BCUT2D eigenvalue weighted by atomic mass is 10.2. The van der Waals surface area contributed by atoms with Crippen molar-refractivity contribution in [3.05, 3.63) is 33.8 Å². The largest absolute Gasteiger partial charge is 0.380 e. The Morgan fingerprint density at radius 1 is 1.50 bits per heavy atom. The molecule has 18 heavy (non-hydrogen) atoms. The highest BCUT2D eigenvalue weighted by Gasteiger charge is 2.22. The number of halogens is 1. The van der Waals surface area contributed by atoms with E-state index in [9.17, 15) is 8.42 Å². The molecule has 6 heteroatoms. The van der Waals surface area contributed by atoms with Gasteiger partial charge in [-0.1, -0.05) is 28.1 Å². The zero-order valence-electron chi connectivity index (χ0n) is 10.1. The molecular weight excluding hydrogens is 318 g/mol. The summed E-state index contributed by atoms with van der Waals surface area (Å²) in [6, 6.07) is 5.50. The molecule has 1 saturated heterocycles. The van der Waals surface area contributed by atoms with Crippen molar-refractivity contribution in [2.75, 3.05) is 13.2 Å². The van der Waals surface area contributed by atoms with E-state index in [0.717, 1.165) is 22.0 Å². The van der Waals surface area contributed by atoms with E-state index in [1.165, 1.54) is 0 Å². The van der Waals surface area contributed by atoms with Crippen LogP contribution in [-0.2, 0) is 20.5 Å². The van der Waals surface area contributed by atoms with Gasteiger partial charge in [0.15, 0.2) is 0 Å². The van der Waals surface area contributed by atoms with E-state index in [0.29, 0.717) is 13.2 Å². The molecule has 1 unspecified atom stereocenters. The molecule has 100 valence electrons. The molecule has 1 aliphatic rings. The number of hydrogen-bond acceptors (Lipinski definition) is 3. The first-order valence-corrected chi connectivity index (χ1v) is 8.23. The summed E-state index contributed by atoms with van der Waals surface area (Å²) in [4.78, 5) is 0. The van der Waals surface area contributed by atoms with Gasteiger partial charge in [-0.25, -0.2) is 13.1 Å². The minimum atomic E-state index is -3.29. The molecule has 0 saturated carbocycles. The van der Waals surface area contributed by atoms with Crippen molar-refractivity contribution >= 4 is 26.0 Å². The Hall–Kier alpha value is -0.430. The van der Waals surface area contributed by atoms with E-state index in [4.69, 9.17) is 4.74 Å². The van der Waals surface area contributed by atoms with E-state index < -0.39 is 10.0 Å². The highest BCUT2D eigenvalue weighted by atomic mass is 79.9. The van der Waals surface area contributed by atoms with Crippen molar-refractivity contribution in [1.29, 1.82) is 0 Å². The lowest BCUT2D eigenvalue weighted by Crippen LogP contribution is -2.35. The van der Waals surface area contributed by atoms with Crippen molar-refractivity contribution in [3.63, 3.8) is 0 Å². The Bertz CT molecular complexity index is 524. The minimum Gasteiger partial charge on any atom is -0.380 e. The molecule has 2 rings (SSSR count). The number of nitrogens with one attached hydrogen (secondary N) is 1. The maximum Gasteiger partial charge on any atom is 0.216 e. The van der Waals surface area contributed by atoms with E-state index in [2.05, 4.69) is 20.7 Å². The summed E-state index contributed by atoms with van der Waals surface area (Å²) < 4.78 is 32.8. The molecule has 1 atom stereocenters. The monoisotopic (exact) mass is 333 g/mol. The average Bonchev–Trinajstić information content (AvgIpc) is 2.75. The van der Waals surface area contributed by atoms with Crippen molar-refractivity contribution in [2.24, 2.45) is 0 Å². The van der Waals surface area contributed by atoms with Crippen molar-refractivity contribution in [2.45, 2.75) is 25.1 Å². The number of benzene rings is 1. The van der Waals surface area contributed by atoms with Crippen molar-refractivity contribution in [3.8, 4) is 0 Å². The highest BCUT2D eigenvalue weighted by Crippen LogP contribution is 2.18. The molecule has 0 radical (unpaired) electrons. The van der Waals surface area contributed by atoms with Gasteiger partial charge in [0.2, 0.25) is 10.0 Å². The Morgan fingerprint density at radius 3 is 2.89 bits per heavy atom. The maximum atomic E-state index is 12.0. The number of ether oxygens (including phenoxy) is 1. The second-order valence-electron chi connectivity index (χ2n) is 4.52. The summed E-state index contributed by atoms with van der Waals surface area (Å²) in [5.74, 6) is 0.0115. The predicted molar refractivity (Wildman–Crippen MR) is 73.9 cm³/mol. The number of sulfonamides is 1. The summed E-state index contributed by atoms with van der Waals surface area (Å²) in [6.07, 6.45) is 0.749. The van der Waals surface area contributed by atoms with Gasteiger partial charge in [0.1, 0.15) is 0 Å². The van der Waals surface area contributed by atoms with Crippen LogP contribution < -0.4 is 4.72 Å². The molecule has 0 bridgehead atoms. The fraction of sp³-hybridized carbons (Fsp3) is 0.500. The third-order valence-corrected chi connectivity index (χ3v) is 5.15. The molecule has 1 fully saturated rings. The van der Waals surface area contributed by atoms with E-state index >= 15 is 0 Å². The van der Waals surface area contributed by atoms with E-state index in [-0.39, 0.29) is 11.8 Å². The highest BCUT2D eigenvalue weighted by molar-refractivity contribution is 9.10. The molecule has 1 N–H and O–H groups in total. The fourth-order valence-electron chi connectivity index (χ4n) is 1.94. The third-order valence-electron chi connectivity index (χ3n) is 2.85. The minimum absolute atomic E-state index is 0.0115. The molecule has 4 nitrogen and oxygen atoms in total. The normalized spacial score (nSPS) is 20.2. The van der Waals surface area contributed by atoms with Gasteiger partial charge in [0.05, 0.1) is 12.4 Å². The smallest absolute Gasteiger partial charge is 0.216 e. The zero-order valence-corrected chi connectivity index (χ0v) is 12.6. The van der Waals surface area contributed by atoms with Gasteiger partial charge >= 0.3 is 0 Å². The second kappa shape index (κ2) is 5.69. The molecule has 0 spiro atoms. The van der Waals surface area contributed by atoms with Gasteiger partial charge in [-0.3, -0.25) is 0 Å². The Kier molecular flexibility index (Phi) is 4.42. The first kappa shape index (κ1) is 14.0. The predicted octanol–water partition coefficient (Wildman–Crippen LogP) is 1.97. The van der Waals surface area contributed by atoms with Gasteiger partial charge in [0, 0.05) is 17.1 Å². The van der Waals surface area contributed by atoms with E-state index in [1.54, 1.807) is 0 Å². The average molecular weight is 334 g/mol. The first-order chi connectivity index (χ1) is 8.46. The quantitative estimate of drug-likeness (QED) is 0.916. The molecule has 1 heterocycles. The zero-order chi connectivity index (χ0) is 13.2. The lowest BCUT2D eigenvalue weighted by molar-refractivity contribution is 0.192. The van der Waals surface area contributed by atoms with Crippen LogP contribution in [-0.4, -0.2) is 27.7 Å². The molecular formula is C12H16BrNO3S. The van der Waals surface area contributed by atoms with Gasteiger partial charge in [0.25, 0.3) is 0 Å². The molecule has 1 aliphatic heterocycles. The van der Waals surface area contributed by atoms with Gasteiger partial charge in [-0.05, 0) is 30.5 Å². The Balaban J connectivity index is 2.04. The summed E-state index contributed by atoms with van der Waals surface area (Å²) >= 11 is 3.40. The van der Waals surface area contributed by atoms with Crippen LogP contribution in [0.3, 0.4) is 0 Å². The standard InChI is InChI=1S/C12H16BrNO3S/c1-9-6-10(2-3-12(9)13)8-18(15,16)14-11-4-5-17-7-11/h2-3,6,11,14H,4-5,7-8H2,1H3. The molecule has 0 amide bonds. The maximum absolute atomic E-state index is 12.0. The molecule has 0 aromatic heterocycles. The SMILES string of the molecule is Cc1cc(CS(=O)(=O)NC2CCOC2)ccc1Br. The summed E-state index contributed by atoms with van der Waals surface area (Å²) in [7, 11) is -3.29. The first-order valence-electron chi connectivity index (χ1n) is 5.79. The van der Waals surface area contributed by atoms with Crippen LogP contribution in [0.25, 0.3) is 0 Å². The van der Waals surface area contributed by atoms with Crippen LogP contribution >= 0.6 is 15.9 Å². The summed E-state index contributed by atoms with van der Waals surface area (Å²) in [5.41, 5.74) is 1.83. The second-order valence-corrected chi connectivity index (χ2v) is 7.13. The lowest BCUT2D eigenvalue weighted by Gasteiger charge is -2.11. The van der Waals surface area contributed by atoms with Crippen molar-refractivity contribution < 1.29 is 13.2 Å². The fourth-order valence-corrected chi connectivity index (χ4v) is 3.58. The van der Waals surface area contributed by atoms with Crippen LogP contribution in [0.1, 0.15) is 17.5 Å². The third kappa shape index (κ3) is 3.78. The molecule has 1 aromatic carbocycles. The summed E-state index contributed by atoms with van der Waals surface area (Å²) in [6.45, 7) is 3.04. The van der Waals surface area contributed by atoms with Crippen LogP contribution in [0.2, 0.25) is 0 Å². The molecule has 0 aliphatic carbocycles. The summed E-state index contributed by atoms with van der Waals surface area (Å²) in [5, 5.41) is 0. The van der Waals surface area contributed by atoms with Crippen LogP contribution in [0.5, 0.6) is 0 Å². The van der Waals surface area contributed by atoms with Crippen molar-refractivity contribution in [1.82, 2.24) is 4.72 Å². The number of rotatable bonds is 4. The van der Waals surface area contributed by atoms with Gasteiger partial charge < -0.3 is 4.74 Å². The Morgan fingerprint density at radius 2 is 2.28 bits per heavy atom. The number of aryl methyl sites for hydroxylation is 1. The van der Waals surface area contributed by atoms with E-state index in [1.807, 2.05) is 25.1 Å². The topological polar surface area (TPSA) is 55.4 Å². The number of hydrogen-bond donors (Lipinski definition) is 1. The van der Waals surface area contributed by atoms with Crippen LogP contribution in [0.4, 0.5) is 0 Å². The Labute approximate surface area is 116 Å². The van der Waals surface area contributed by atoms with Gasteiger partial charge in [-0.15, -0.1) is 0 Å². The molecule has 1 aromatic rings.